The Labute approximate surface area is 92.2 Å². The molecular formula is C13H22NO+. The van der Waals surface area contributed by atoms with Crippen LogP contribution >= 0.6 is 0 Å². The molecule has 2 saturated carbocycles. The smallest absolute Gasteiger partial charge is 0.144 e. The van der Waals surface area contributed by atoms with E-state index < -0.39 is 0 Å². The number of hydrogen-bond donors (Lipinski definition) is 0. The van der Waals surface area contributed by atoms with Crippen LogP contribution in [0.15, 0.2) is 0 Å². The van der Waals surface area contributed by atoms with E-state index in [1.165, 1.54) is 56.1 Å². The number of rotatable bonds is 1. The number of carbonyl (C=O) groups excluding carboxylic acids is 1. The highest BCUT2D eigenvalue weighted by molar-refractivity contribution is 5.86. The summed E-state index contributed by atoms with van der Waals surface area (Å²) in [5, 5.41) is 0. The van der Waals surface area contributed by atoms with Crippen molar-refractivity contribution < 1.29 is 9.28 Å². The van der Waals surface area contributed by atoms with Crippen molar-refractivity contribution in [2.75, 3.05) is 20.1 Å². The van der Waals surface area contributed by atoms with Gasteiger partial charge in [0.2, 0.25) is 0 Å². The van der Waals surface area contributed by atoms with Crippen molar-refractivity contribution in [1.82, 2.24) is 0 Å². The molecule has 84 valence electrons. The number of likely N-dealkylation sites (tertiary alicyclic amines) is 1. The fraction of sp³-hybridized carbons (Fsp3) is 0.923. The van der Waals surface area contributed by atoms with Crippen molar-refractivity contribution in [2.24, 2.45) is 11.8 Å². The van der Waals surface area contributed by atoms with Crippen molar-refractivity contribution in [3.63, 3.8) is 0 Å². The molecule has 1 saturated heterocycles. The molecule has 0 radical (unpaired) electrons. The predicted molar refractivity (Wildman–Crippen MR) is 59.4 cm³/mol. The van der Waals surface area contributed by atoms with E-state index in [-0.39, 0.29) is 0 Å². The van der Waals surface area contributed by atoms with Crippen LogP contribution in [0.3, 0.4) is 0 Å². The highest BCUT2D eigenvalue weighted by Gasteiger charge is 2.51. The second-order valence-electron chi connectivity index (χ2n) is 6.06. The van der Waals surface area contributed by atoms with Crippen LogP contribution in [-0.4, -0.2) is 36.4 Å². The van der Waals surface area contributed by atoms with Crippen LogP contribution in [0.4, 0.5) is 0 Å². The Balaban J connectivity index is 1.84. The number of ketones is 1. The summed E-state index contributed by atoms with van der Waals surface area (Å²) in [5.41, 5.74) is 0. The van der Waals surface area contributed by atoms with Crippen LogP contribution in [0.1, 0.15) is 38.5 Å². The first-order valence-electron chi connectivity index (χ1n) is 6.59. The summed E-state index contributed by atoms with van der Waals surface area (Å²) in [6, 6.07) is 0.679. The van der Waals surface area contributed by atoms with E-state index in [0.717, 1.165) is 0 Å². The Morgan fingerprint density at radius 3 is 2.47 bits per heavy atom. The molecule has 15 heavy (non-hydrogen) atoms. The lowest BCUT2D eigenvalue weighted by atomic mass is 9.82. The van der Waals surface area contributed by atoms with Crippen molar-refractivity contribution in [2.45, 2.75) is 44.6 Å². The van der Waals surface area contributed by atoms with Crippen molar-refractivity contribution >= 4 is 5.78 Å². The fourth-order valence-electron chi connectivity index (χ4n) is 4.35. The van der Waals surface area contributed by atoms with Gasteiger partial charge in [0.05, 0.1) is 32.1 Å². The van der Waals surface area contributed by atoms with Crippen LogP contribution in [-0.2, 0) is 4.79 Å². The topological polar surface area (TPSA) is 17.1 Å². The molecule has 0 unspecified atom stereocenters. The van der Waals surface area contributed by atoms with E-state index in [1.54, 1.807) is 0 Å². The largest absolute Gasteiger partial charge is 0.323 e. The van der Waals surface area contributed by atoms with Gasteiger partial charge in [-0.05, 0) is 19.3 Å². The monoisotopic (exact) mass is 208 g/mol. The minimum absolute atomic E-state index is 0.437. The van der Waals surface area contributed by atoms with Crippen LogP contribution in [0.2, 0.25) is 0 Å². The van der Waals surface area contributed by atoms with Gasteiger partial charge in [-0.3, -0.25) is 4.79 Å². The SMILES string of the molecule is C[N+]1([C@H]2CC[C@H]3CC[C@H]2C3=O)CCCC1. The number of fused-ring (bicyclic) bond motifs is 2. The Kier molecular flexibility index (Phi) is 2.17. The van der Waals surface area contributed by atoms with E-state index in [2.05, 4.69) is 7.05 Å². The second kappa shape index (κ2) is 3.31. The molecule has 2 aliphatic carbocycles. The molecule has 0 amide bonds. The second-order valence-corrected chi connectivity index (χ2v) is 6.06. The highest BCUT2D eigenvalue weighted by atomic mass is 16.1. The zero-order chi connectivity index (χ0) is 10.5. The number of hydrogen-bond acceptors (Lipinski definition) is 1. The maximum atomic E-state index is 12.1. The summed E-state index contributed by atoms with van der Waals surface area (Å²) in [6.45, 7) is 2.64. The van der Waals surface area contributed by atoms with Crippen molar-refractivity contribution in [1.29, 1.82) is 0 Å². The normalized spacial score (nSPS) is 43.5. The number of quaternary nitrogens is 1. The zero-order valence-electron chi connectivity index (χ0n) is 9.74. The Hall–Kier alpha value is -0.370. The predicted octanol–water partition coefficient (Wildman–Crippen LogP) is 1.98. The van der Waals surface area contributed by atoms with Crippen LogP contribution < -0.4 is 0 Å². The summed E-state index contributed by atoms with van der Waals surface area (Å²) in [5.74, 6) is 1.52. The number of nitrogens with zero attached hydrogens (tertiary/aromatic N) is 1. The minimum Gasteiger partial charge on any atom is -0.323 e. The Morgan fingerprint density at radius 2 is 1.73 bits per heavy atom. The van der Waals surface area contributed by atoms with Crippen LogP contribution in [0, 0.1) is 11.8 Å². The van der Waals surface area contributed by atoms with Gasteiger partial charge in [0.1, 0.15) is 5.78 Å². The summed E-state index contributed by atoms with van der Waals surface area (Å²) in [4.78, 5) is 12.1. The molecule has 2 nitrogen and oxygen atoms in total. The van der Waals surface area contributed by atoms with Gasteiger partial charge >= 0.3 is 0 Å². The number of carbonyl (C=O) groups is 1. The van der Waals surface area contributed by atoms with Gasteiger partial charge in [0.25, 0.3) is 0 Å². The molecular weight excluding hydrogens is 186 g/mol. The van der Waals surface area contributed by atoms with E-state index in [0.29, 0.717) is 23.7 Å². The standard InChI is InChI=1S/C13H22NO/c1-14(8-2-3-9-14)12-7-5-10-4-6-11(12)13(10)15/h10-12H,2-9H2,1H3/q+1/t10-,11-,12+/m1/s1. The third kappa shape index (κ3) is 1.37. The summed E-state index contributed by atoms with van der Waals surface area (Å²) < 4.78 is 1.21. The van der Waals surface area contributed by atoms with E-state index in [1.807, 2.05) is 0 Å². The summed E-state index contributed by atoms with van der Waals surface area (Å²) in [6.07, 6.45) is 7.64. The number of Topliss-reactive ketones (excluding diaryl/α,β-unsaturated/α-hetero) is 1. The Morgan fingerprint density at radius 1 is 1.07 bits per heavy atom. The van der Waals surface area contributed by atoms with Gasteiger partial charge in [-0.2, -0.15) is 0 Å². The van der Waals surface area contributed by atoms with Gasteiger partial charge in [-0.1, -0.05) is 0 Å². The molecule has 0 N–H and O–H groups in total. The molecule has 0 aromatic carbocycles. The lowest BCUT2D eigenvalue weighted by molar-refractivity contribution is -0.925. The fourth-order valence-corrected chi connectivity index (χ4v) is 4.35. The van der Waals surface area contributed by atoms with E-state index in [9.17, 15) is 4.79 Å². The van der Waals surface area contributed by atoms with Gasteiger partial charge in [-0.15, -0.1) is 0 Å². The first kappa shape index (κ1) is 9.83. The molecule has 1 heterocycles. The molecule has 0 aromatic rings. The molecule has 2 heteroatoms. The third-order valence-corrected chi connectivity index (χ3v) is 5.26. The van der Waals surface area contributed by atoms with Gasteiger partial charge in [0.15, 0.2) is 0 Å². The highest BCUT2D eigenvalue weighted by Crippen LogP contribution is 2.44. The van der Waals surface area contributed by atoms with Gasteiger partial charge < -0.3 is 4.48 Å². The molecule has 1 aliphatic heterocycles. The van der Waals surface area contributed by atoms with E-state index >= 15 is 0 Å². The quantitative estimate of drug-likeness (QED) is 0.602. The lowest BCUT2D eigenvalue weighted by Crippen LogP contribution is -2.55. The van der Waals surface area contributed by atoms with Crippen molar-refractivity contribution in [3.05, 3.63) is 0 Å². The van der Waals surface area contributed by atoms with Crippen molar-refractivity contribution in [3.8, 4) is 0 Å². The Bertz CT molecular complexity index is 280. The first-order valence-corrected chi connectivity index (χ1v) is 6.59. The molecule has 3 atom stereocenters. The third-order valence-electron chi connectivity index (χ3n) is 5.26. The van der Waals surface area contributed by atoms with Gasteiger partial charge in [-0.25, -0.2) is 0 Å². The lowest BCUT2D eigenvalue weighted by Gasteiger charge is -2.42. The zero-order valence-corrected chi connectivity index (χ0v) is 9.74. The summed E-state index contributed by atoms with van der Waals surface area (Å²) >= 11 is 0. The molecule has 0 spiro atoms. The molecule has 3 aliphatic rings. The average Bonchev–Trinajstić information content (AvgIpc) is 2.72. The first-order chi connectivity index (χ1) is 7.21. The van der Waals surface area contributed by atoms with E-state index in [4.69, 9.17) is 0 Å². The van der Waals surface area contributed by atoms with Gasteiger partial charge in [0, 0.05) is 25.2 Å². The molecule has 3 rings (SSSR count). The minimum atomic E-state index is 0.437. The molecule has 0 aromatic heterocycles. The van der Waals surface area contributed by atoms with Crippen LogP contribution in [0.25, 0.3) is 0 Å². The average molecular weight is 208 g/mol. The van der Waals surface area contributed by atoms with Crippen LogP contribution in [0.5, 0.6) is 0 Å². The molecule has 3 fully saturated rings. The summed E-state index contributed by atoms with van der Waals surface area (Å²) in [7, 11) is 2.39. The maximum absolute atomic E-state index is 12.1. The maximum Gasteiger partial charge on any atom is 0.144 e. The molecule has 2 bridgehead atoms.